The second-order valence-corrected chi connectivity index (χ2v) is 3.93. The molecule has 0 spiro atoms. The largest absolute Gasteiger partial charge is 0.331 e. The number of likely N-dealkylation sites (tertiary alicyclic amines) is 1. The van der Waals surface area contributed by atoms with Gasteiger partial charge in [0.15, 0.2) is 0 Å². The van der Waals surface area contributed by atoms with E-state index >= 15 is 0 Å². The highest BCUT2D eigenvalue weighted by Crippen LogP contribution is 2.15. The fourth-order valence-corrected chi connectivity index (χ4v) is 1.87. The summed E-state index contributed by atoms with van der Waals surface area (Å²) < 4.78 is 0. The summed E-state index contributed by atoms with van der Waals surface area (Å²) in [5.41, 5.74) is 0. The van der Waals surface area contributed by atoms with Gasteiger partial charge in [0, 0.05) is 13.0 Å². The van der Waals surface area contributed by atoms with Crippen molar-refractivity contribution in [2.75, 3.05) is 12.4 Å². The highest BCUT2D eigenvalue weighted by atomic mass is 35.5. The number of amides is 3. The number of rotatable bonds is 4. The zero-order valence-electron chi connectivity index (χ0n) is 9.16. The first-order chi connectivity index (χ1) is 7.60. The van der Waals surface area contributed by atoms with E-state index in [0.717, 1.165) is 6.42 Å². The molecule has 0 radical (unpaired) electrons. The van der Waals surface area contributed by atoms with Crippen molar-refractivity contribution in [2.24, 2.45) is 0 Å². The van der Waals surface area contributed by atoms with Gasteiger partial charge in [-0.1, -0.05) is 6.92 Å². The van der Waals surface area contributed by atoms with Crippen molar-refractivity contribution < 1.29 is 14.4 Å². The molecule has 0 aromatic rings. The van der Waals surface area contributed by atoms with E-state index in [4.69, 9.17) is 11.6 Å². The molecular formula is C10H15ClN2O3. The number of alkyl halides is 1. The SMILES string of the molecule is CC[C@@H](C(=O)NC(=O)CCl)N1CCCC1=O. The molecule has 0 aliphatic carbocycles. The number of hydrogen-bond donors (Lipinski definition) is 1. The molecule has 0 aromatic heterocycles. The Kier molecular flexibility index (Phi) is 4.73. The van der Waals surface area contributed by atoms with Crippen molar-refractivity contribution in [1.82, 2.24) is 10.2 Å². The zero-order valence-corrected chi connectivity index (χ0v) is 9.92. The first kappa shape index (κ1) is 13.0. The third-order valence-electron chi connectivity index (χ3n) is 2.56. The van der Waals surface area contributed by atoms with Crippen molar-refractivity contribution in [3.8, 4) is 0 Å². The molecule has 0 saturated carbocycles. The summed E-state index contributed by atoms with van der Waals surface area (Å²) in [5, 5.41) is 2.17. The molecule has 5 nitrogen and oxygen atoms in total. The molecule has 6 heteroatoms. The van der Waals surface area contributed by atoms with Crippen molar-refractivity contribution in [3.63, 3.8) is 0 Å². The maximum atomic E-state index is 11.7. The fraction of sp³-hybridized carbons (Fsp3) is 0.700. The molecule has 1 aliphatic rings. The van der Waals surface area contributed by atoms with E-state index < -0.39 is 17.9 Å². The average Bonchev–Trinajstić information content (AvgIpc) is 2.66. The smallest absolute Gasteiger partial charge is 0.249 e. The summed E-state index contributed by atoms with van der Waals surface area (Å²) in [6.45, 7) is 2.39. The first-order valence-electron chi connectivity index (χ1n) is 5.29. The van der Waals surface area contributed by atoms with Crippen LogP contribution in [0.5, 0.6) is 0 Å². The summed E-state index contributed by atoms with van der Waals surface area (Å²) in [5.74, 6) is -1.25. The molecule has 0 bridgehead atoms. The Hall–Kier alpha value is -1.10. The van der Waals surface area contributed by atoms with E-state index in [0.29, 0.717) is 19.4 Å². The van der Waals surface area contributed by atoms with Crippen LogP contribution in [-0.4, -0.2) is 41.1 Å². The standard InChI is InChI=1S/C10H15ClN2O3/c1-2-7(10(16)12-8(14)6-11)13-5-3-4-9(13)15/h7H,2-6H2,1H3,(H,12,14,16)/t7-/m0/s1. The quantitative estimate of drug-likeness (QED) is 0.724. The van der Waals surface area contributed by atoms with Crippen LogP contribution in [0.3, 0.4) is 0 Å². The van der Waals surface area contributed by atoms with Crippen molar-refractivity contribution >= 4 is 29.3 Å². The average molecular weight is 247 g/mol. The summed E-state index contributed by atoms with van der Waals surface area (Å²) in [4.78, 5) is 35.7. The van der Waals surface area contributed by atoms with Crippen molar-refractivity contribution in [3.05, 3.63) is 0 Å². The number of nitrogens with one attached hydrogen (secondary N) is 1. The molecule has 0 aromatic carbocycles. The van der Waals surface area contributed by atoms with E-state index in [1.165, 1.54) is 4.90 Å². The predicted octanol–water partition coefficient (Wildman–Crippen LogP) is 0.269. The molecule has 1 aliphatic heterocycles. The van der Waals surface area contributed by atoms with Crippen LogP contribution in [0.15, 0.2) is 0 Å². The van der Waals surface area contributed by atoms with Gasteiger partial charge in [0.05, 0.1) is 0 Å². The lowest BCUT2D eigenvalue weighted by atomic mass is 10.2. The molecule has 1 rings (SSSR count). The number of carbonyl (C=O) groups is 3. The van der Waals surface area contributed by atoms with Gasteiger partial charge in [-0.05, 0) is 12.8 Å². The van der Waals surface area contributed by atoms with Gasteiger partial charge >= 0.3 is 0 Å². The Morgan fingerprint density at radius 1 is 1.56 bits per heavy atom. The molecule has 0 unspecified atom stereocenters. The van der Waals surface area contributed by atoms with Crippen molar-refractivity contribution in [1.29, 1.82) is 0 Å². The van der Waals surface area contributed by atoms with E-state index in [2.05, 4.69) is 5.32 Å². The summed E-state index contributed by atoms with van der Waals surface area (Å²) in [7, 11) is 0. The Labute approximate surface area is 99.1 Å². The van der Waals surface area contributed by atoms with E-state index in [9.17, 15) is 14.4 Å². The number of carbonyl (C=O) groups excluding carboxylic acids is 3. The minimum absolute atomic E-state index is 0.0275. The van der Waals surface area contributed by atoms with Gasteiger partial charge in [0.1, 0.15) is 11.9 Å². The van der Waals surface area contributed by atoms with Crippen LogP contribution < -0.4 is 5.32 Å². The van der Waals surface area contributed by atoms with Crippen LogP contribution in [0.1, 0.15) is 26.2 Å². The van der Waals surface area contributed by atoms with Crippen LogP contribution >= 0.6 is 11.6 Å². The molecule has 1 saturated heterocycles. The van der Waals surface area contributed by atoms with Gasteiger partial charge < -0.3 is 4.90 Å². The number of hydrogen-bond acceptors (Lipinski definition) is 3. The molecular weight excluding hydrogens is 232 g/mol. The Bertz CT molecular complexity index is 306. The minimum Gasteiger partial charge on any atom is -0.331 e. The molecule has 16 heavy (non-hydrogen) atoms. The summed E-state index contributed by atoms with van der Waals surface area (Å²) in [6, 6.07) is -0.554. The molecule has 3 amide bonds. The third-order valence-corrected chi connectivity index (χ3v) is 2.80. The normalized spacial score (nSPS) is 17.4. The summed E-state index contributed by atoms with van der Waals surface area (Å²) >= 11 is 5.29. The Balaban J connectivity index is 2.62. The maximum Gasteiger partial charge on any atom is 0.249 e. The first-order valence-corrected chi connectivity index (χ1v) is 5.82. The lowest BCUT2D eigenvalue weighted by molar-refractivity contribution is -0.139. The molecule has 1 atom stereocenters. The van der Waals surface area contributed by atoms with E-state index in [-0.39, 0.29) is 11.8 Å². The van der Waals surface area contributed by atoms with Crippen LogP contribution in [0.2, 0.25) is 0 Å². The van der Waals surface area contributed by atoms with Crippen LogP contribution in [0.25, 0.3) is 0 Å². The van der Waals surface area contributed by atoms with Gasteiger partial charge in [-0.25, -0.2) is 0 Å². The van der Waals surface area contributed by atoms with Gasteiger partial charge in [-0.3, -0.25) is 19.7 Å². The van der Waals surface area contributed by atoms with Crippen molar-refractivity contribution in [2.45, 2.75) is 32.2 Å². The van der Waals surface area contributed by atoms with Crippen LogP contribution in [-0.2, 0) is 14.4 Å². The zero-order chi connectivity index (χ0) is 12.1. The van der Waals surface area contributed by atoms with Gasteiger partial charge in [-0.2, -0.15) is 0 Å². The van der Waals surface area contributed by atoms with Crippen LogP contribution in [0.4, 0.5) is 0 Å². The summed E-state index contributed by atoms with van der Waals surface area (Å²) in [6.07, 6.45) is 1.74. The lowest BCUT2D eigenvalue weighted by Crippen LogP contribution is -2.49. The Morgan fingerprint density at radius 2 is 2.25 bits per heavy atom. The number of halogens is 1. The minimum atomic E-state index is -0.554. The van der Waals surface area contributed by atoms with E-state index in [1.807, 2.05) is 0 Å². The third kappa shape index (κ3) is 2.95. The lowest BCUT2D eigenvalue weighted by Gasteiger charge is -2.25. The maximum absolute atomic E-state index is 11.7. The fourth-order valence-electron chi connectivity index (χ4n) is 1.80. The number of nitrogens with zero attached hydrogens (tertiary/aromatic N) is 1. The molecule has 1 heterocycles. The van der Waals surface area contributed by atoms with Gasteiger partial charge in [0.2, 0.25) is 17.7 Å². The highest BCUT2D eigenvalue weighted by Gasteiger charge is 2.31. The second-order valence-electron chi connectivity index (χ2n) is 3.66. The van der Waals surface area contributed by atoms with Gasteiger partial charge in [-0.15, -0.1) is 11.6 Å². The monoisotopic (exact) mass is 246 g/mol. The van der Waals surface area contributed by atoms with Crippen LogP contribution in [0, 0.1) is 0 Å². The topological polar surface area (TPSA) is 66.5 Å². The second kappa shape index (κ2) is 5.84. The molecule has 1 N–H and O–H groups in total. The Morgan fingerprint density at radius 3 is 2.69 bits per heavy atom. The molecule has 1 fully saturated rings. The highest BCUT2D eigenvalue weighted by molar-refractivity contribution is 6.28. The number of imide groups is 1. The molecule has 90 valence electrons. The van der Waals surface area contributed by atoms with Gasteiger partial charge in [0.25, 0.3) is 0 Å². The van der Waals surface area contributed by atoms with E-state index in [1.54, 1.807) is 6.92 Å². The predicted molar refractivity (Wildman–Crippen MR) is 58.9 cm³/mol.